The van der Waals surface area contributed by atoms with Crippen molar-refractivity contribution in [2.45, 2.75) is 13.5 Å². The van der Waals surface area contributed by atoms with Gasteiger partial charge >= 0.3 is 11.6 Å². The maximum absolute atomic E-state index is 8.29. The fourth-order valence-electron chi connectivity index (χ4n) is 1.91. The van der Waals surface area contributed by atoms with Gasteiger partial charge in [-0.2, -0.15) is 8.42 Å². The topological polar surface area (TPSA) is 84.3 Å². The average molecular weight is 288 g/mol. The van der Waals surface area contributed by atoms with Gasteiger partial charge in [-0.25, -0.2) is 9.97 Å². The van der Waals surface area contributed by atoms with Gasteiger partial charge in [0.05, 0.1) is 6.54 Å². The summed E-state index contributed by atoms with van der Waals surface area (Å²) >= 11 is -0.750. The second-order valence-corrected chi connectivity index (χ2v) is 4.17. The third-order valence-electron chi connectivity index (χ3n) is 2.72. The molecule has 1 aromatic carbocycles. The highest BCUT2D eigenvalue weighted by Gasteiger charge is 2.10. The van der Waals surface area contributed by atoms with E-state index in [0.717, 1.165) is 29.4 Å². The molecule has 1 N–H and O–H groups in total. The molecule has 7 heteroatoms. The van der Waals surface area contributed by atoms with Crippen LogP contribution in [0.2, 0.25) is 0 Å². The van der Waals surface area contributed by atoms with E-state index in [1.807, 2.05) is 31.3 Å². The Balaban J connectivity index is 0.000000452. The van der Waals surface area contributed by atoms with Gasteiger partial charge in [0.1, 0.15) is 11.6 Å². The van der Waals surface area contributed by atoms with Gasteiger partial charge in [-0.1, -0.05) is 12.1 Å². The second-order valence-electron chi connectivity index (χ2n) is 4.03. The molecule has 6 nitrogen and oxygen atoms in total. The van der Waals surface area contributed by atoms with E-state index in [2.05, 4.69) is 26.3 Å². The molecule has 0 amide bonds. The Kier molecular flexibility index (Phi) is 4.67. The highest BCUT2D eigenvalue weighted by atomic mass is 32.1. The van der Waals surface area contributed by atoms with Gasteiger partial charge in [0.2, 0.25) is 0 Å². The minimum atomic E-state index is -0.750. The lowest BCUT2D eigenvalue weighted by Gasteiger charge is -2.09. The van der Waals surface area contributed by atoms with E-state index in [1.165, 1.54) is 5.56 Å². The largest absolute Gasteiger partial charge is 0.340 e. The number of aliphatic imine (C=N–C) groups is 1. The Hall–Kier alpha value is -2.41. The van der Waals surface area contributed by atoms with Crippen LogP contribution in [0.15, 0.2) is 35.5 Å². The first-order valence-corrected chi connectivity index (χ1v) is 6.51. The van der Waals surface area contributed by atoms with Crippen LogP contribution in [0.25, 0.3) is 0 Å². The summed E-state index contributed by atoms with van der Waals surface area (Å²) < 4.78 is 16.6. The average Bonchev–Trinajstić information content (AvgIpc) is 2.89. The highest BCUT2D eigenvalue weighted by molar-refractivity contribution is 7.51. The summed E-state index contributed by atoms with van der Waals surface area (Å²) in [7, 11) is 0. The van der Waals surface area contributed by atoms with Crippen molar-refractivity contribution in [1.29, 1.82) is 0 Å². The van der Waals surface area contributed by atoms with Crippen LogP contribution in [0.5, 0.6) is 0 Å². The number of hydrogen-bond acceptors (Lipinski definition) is 6. The molecular formula is C13H12N4O2S. The lowest BCUT2D eigenvalue weighted by Crippen LogP contribution is -1.99. The fourth-order valence-corrected chi connectivity index (χ4v) is 1.91. The predicted molar refractivity (Wildman–Crippen MR) is 76.7 cm³/mol. The Labute approximate surface area is 119 Å². The van der Waals surface area contributed by atoms with Crippen LogP contribution < -0.4 is 5.32 Å². The summed E-state index contributed by atoms with van der Waals surface area (Å²) in [5.41, 5.74) is 3.45. The van der Waals surface area contributed by atoms with Gasteiger partial charge in [-0.3, -0.25) is 4.99 Å². The minimum absolute atomic E-state index is 0.750. The summed E-state index contributed by atoms with van der Waals surface area (Å²) in [4.78, 5) is 12.7. The van der Waals surface area contributed by atoms with Crippen molar-refractivity contribution in [1.82, 2.24) is 9.97 Å². The van der Waals surface area contributed by atoms with Crippen molar-refractivity contribution >= 4 is 29.3 Å². The van der Waals surface area contributed by atoms with Crippen LogP contribution in [0.1, 0.15) is 17.0 Å². The van der Waals surface area contributed by atoms with Crippen molar-refractivity contribution in [3.63, 3.8) is 0 Å². The molecule has 0 aliphatic carbocycles. The molecule has 0 unspecified atom stereocenters. The van der Waals surface area contributed by atoms with E-state index >= 15 is 0 Å². The van der Waals surface area contributed by atoms with Crippen LogP contribution in [-0.2, 0) is 18.1 Å². The van der Waals surface area contributed by atoms with Gasteiger partial charge in [-0.15, -0.1) is 0 Å². The zero-order valence-electron chi connectivity index (χ0n) is 10.7. The van der Waals surface area contributed by atoms with Crippen LogP contribution in [0, 0.1) is 6.92 Å². The van der Waals surface area contributed by atoms with E-state index in [-0.39, 0.29) is 0 Å². The van der Waals surface area contributed by atoms with Crippen molar-refractivity contribution < 1.29 is 8.42 Å². The molecule has 1 aliphatic heterocycles. The van der Waals surface area contributed by atoms with Gasteiger partial charge in [0, 0.05) is 23.7 Å². The minimum Gasteiger partial charge on any atom is -0.340 e. The van der Waals surface area contributed by atoms with E-state index < -0.39 is 11.6 Å². The summed E-state index contributed by atoms with van der Waals surface area (Å²) in [5.74, 6) is 1.57. The summed E-state index contributed by atoms with van der Waals surface area (Å²) in [6.07, 6.45) is 3.66. The lowest BCUT2D eigenvalue weighted by atomic mass is 10.1. The van der Waals surface area contributed by atoms with E-state index in [9.17, 15) is 0 Å². The first-order valence-electron chi connectivity index (χ1n) is 5.85. The molecular weight excluding hydrogens is 276 g/mol. The Bertz CT molecular complexity index is 682. The monoisotopic (exact) mass is 288 g/mol. The summed E-state index contributed by atoms with van der Waals surface area (Å²) in [5, 5.41) is 3.30. The number of nitrogens with zero attached hydrogens (tertiary/aromatic N) is 3. The Morgan fingerprint density at radius 2 is 2.05 bits per heavy atom. The predicted octanol–water partition coefficient (Wildman–Crippen LogP) is 1.79. The highest BCUT2D eigenvalue weighted by Crippen LogP contribution is 2.25. The number of aromatic nitrogens is 2. The van der Waals surface area contributed by atoms with E-state index in [0.29, 0.717) is 0 Å². The molecule has 0 fully saturated rings. The molecule has 20 heavy (non-hydrogen) atoms. The third-order valence-corrected chi connectivity index (χ3v) is 2.72. The Morgan fingerprint density at radius 3 is 2.80 bits per heavy atom. The smallest absolute Gasteiger partial charge is 0.335 e. The van der Waals surface area contributed by atoms with Crippen LogP contribution in [-0.4, -0.2) is 24.6 Å². The lowest BCUT2D eigenvalue weighted by molar-refractivity contribution is 0.630. The zero-order valence-corrected chi connectivity index (χ0v) is 11.6. The molecule has 0 radical (unpaired) electrons. The number of benzene rings is 1. The molecule has 3 rings (SSSR count). The van der Waals surface area contributed by atoms with E-state index in [1.54, 1.807) is 6.20 Å². The SMILES string of the molecule is Cc1nccc(Nc2cccc3c2C=NC3)n1.O=S=O. The van der Waals surface area contributed by atoms with Crippen LogP contribution >= 0.6 is 0 Å². The Morgan fingerprint density at radius 1 is 1.25 bits per heavy atom. The van der Waals surface area contributed by atoms with Gasteiger partial charge in [0.15, 0.2) is 0 Å². The third kappa shape index (κ3) is 3.33. The molecule has 1 aromatic heterocycles. The maximum Gasteiger partial charge on any atom is 0.335 e. The summed E-state index contributed by atoms with van der Waals surface area (Å²) in [6.45, 7) is 2.65. The number of anilines is 2. The van der Waals surface area contributed by atoms with Crippen LogP contribution in [0.3, 0.4) is 0 Å². The first-order chi connectivity index (χ1) is 9.74. The van der Waals surface area contributed by atoms with Gasteiger partial charge < -0.3 is 5.32 Å². The fraction of sp³-hybridized carbons (Fsp3) is 0.154. The van der Waals surface area contributed by atoms with Crippen LogP contribution in [0.4, 0.5) is 11.5 Å². The molecule has 0 spiro atoms. The quantitative estimate of drug-likeness (QED) is 0.910. The van der Waals surface area contributed by atoms with Crippen molar-refractivity contribution in [2.75, 3.05) is 5.32 Å². The molecule has 102 valence electrons. The first kappa shape index (κ1) is 14.0. The standard InChI is InChI=1S/C13H12N4.O2S/c1-9-15-6-5-13(16-9)17-12-4-2-3-10-7-14-8-11(10)12;1-3-2/h2-6,8H,7H2,1H3,(H,15,16,17);. The molecule has 0 saturated heterocycles. The normalized spacial score (nSPS) is 11.2. The maximum atomic E-state index is 8.29. The van der Waals surface area contributed by atoms with Crippen molar-refractivity contribution in [3.05, 3.63) is 47.4 Å². The van der Waals surface area contributed by atoms with Crippen molar-refractivity contribution in [2.24, 2.45) is 4.99 Å². The number of rotatable bonds is 2. The zero-order chi connectivity index (χ0) is 14.4. The molecule has 0 bridgehead atoms. The second kappa shape index (κ2) is 6.67. The van der Waals surface area contributed by atoms with E-state index in [4.69, 9.17) is 8.42 Å². The molecule has 2 aromatic rings. The molecule has 0 atom stereocenters. The molecule has 0 saturated carbocycles. The number of hydrogen-bond donors (Lipinski definition) is 1. The van der Waals surface area contributed by atoms with Gasteiger partial charge in [0.25, 0.3) is 0 Å². The van der Waals surface area contributed by atoms with Gasteiger partial charge in [-0.05, 0) is 24.6 Å². The van der Waals surface area contributed by atoms with Crippen molar-refractivity contribution in [3.8, 4) is 0 Å². The molecule has 1 aliphatic rings. The molecule has 2 heterocycles. The number of nitrogens with one attached hydrogen (secondary N) is 1. The number of aryl methyl sites for hydroxylation is 1. The number of fused-ring (bicyclic) bond motifs is 1. The summed E-state index contributed by atoms with van der Waals surface area (Å²) in [6, 6.07) is 8.02.